The number of nitrogens with zero attached hydrogens (tertiary/aromatic N) is 1. The number of fused-ring (bicyclic) bond motifs is 1. The summed E-state index contributed by atoms with van der Waals surface area (Å²) in [5.41, 5.74) is 2.76. The van der Waals surface area contributed by atoms with Crippen LogP contribution < -0.4 is 10.1 Å². The molecule has 3 heteroatoms. The molecule has 1 aromatic carbocycles. The van der Waals surface area contributed by atoms with E-state index >= 15 is 0 Å². The third-order valence-corrected chi connectivity index (χ3v) is 4.60. The molecule has 2 aliphatic rings. The zero-order valence-corrected chi connectivity index (χ0v) is 12.7. The summed E-state index contributed by atoms with van der Waals surface area (Å²) in [4.78, 5) is 2.58. The molecule has 2 aliphatic heterocycles. The molecule has 2 heterocycles. The van der Waals surface area contributed by atoms with Gasteiger partial charge in [0.2, 0.25) is 0 Å². The Kier molecular flexibility index (Phi) is 4.27. The van der Waals surface area contributed by atoms with Crippen LogP contribution in [0.25, 0.3) is 0 Å². The molecule has 0 amide bonds. The first-order valence-electron chi connectivity index (χ1n) is 7.92. The highest BCUT2D eigenvalue weighted by atomic mass is 16.5. The van der Waals surface area contributed by atoms with Crippen LogP contribution in [0.3, 0.4) is 0 Å². The zero-order chi connectivity index (χ0) is 13.9. The molecule has 0 aromatic heterocycles. The van der Waals surface area contributed by atoms with E-state index in [9.17, 15) is 0 Å². The van der Waals surface area contributed by atoms with Crippen LogP contribution in [0.1, 0.15) is 37.8 Å². The quantitative estimate of drug-likeness (QED) is 0.913. The van der Waals surface area contributed by atoms with Crippen LogP contribution in [-0.2, 0) is 13.1 Å². The minimum Gasteiger partial charge on any atom is -0.493 e. The summed E-state index contributed by atoms with van der Waals surface area (Å²) >= 11 is 0. The third kappa shape index (κ3) is 2.99. The van der Waals surface area contributed by atoms with Gasteiger partial charge in [0.25, 0.3) is 0 Å². The molecule has 1 unspecified atom stereocenters. The van der Waals surface area contributed by atoms with Crippen molar-refractivity contribution in [2.24, 2.45) is 5.92 Å². The SMILES string of the molecule is CC(C)N1CCCC(COc2cccc3c2CNC3)C1. The molecule has 1 atom stereocenters. The van der Waals surface area contributed by atoms with E-state index in [2.05, 4.69) is 42.3 Å². The van der Waals surface area contributed by atoms with Gasteiger partial charge in [0, 0.05) is 37.2 Å². The number of nitrogens with one attached hydrogen (secondary N) is 1. The first-order chi connectivity index (χ1) is 9.74. The molecular weight excluding hydrogens is 248 g/mol. The number of benzene rings is 1. The lowest BCUT2D eigenvalue weighted by Crippen LogP contribution is -2.41. The van der Waals surface area contributed by atoms with E-state index in [0.717, 1.165) is 25.4 Å². The van der Waals surface area contributed by atoms with Crippen LogP contribution in [0.4, 0.5) is 0 Å². The Balaban J connectivity index is 1.58. The van der Waals surface area contributed by atoms with Crippen LogP contribution >= 0.6 is 0 Å². The number of ether oxygens (including phenoxy) is 1. The van der Waals surface area contributed by atoms with Gasteiger partial charge < -0.3 is 15.0 Å². The second-order valence-corrected chi connectivity index (χ2v) is 6.41. The summed E-state index contributed by atoms with van der Waals surface area (Å²) in [5, 5.41) is 3.40. The van der Waals surface area contributed by atoms with E-state index < -0.39 is 0 Å². The number of piperidine rings is 1. The fourth-order valence-electron chi connectivity index (χ4n) is 3.34. The molecule has 3 rings (SSSR count). The average molecular weight is 274 g/mol. The van der Waals surface area contributed by atoms with E-state index in [1.54, 1.807) is 0 Å². The second-order valence-electron chi connectivity index (χ2n) is 6.41. The highest BCUT2D eigenvalue weighted by molar-refractivity contribution is 5.42. The van der Waals surface area contributed by atoms with Crippen LogP contribution in [0.15, 0.2) is 18.2 Å². The molecule has 110 valence electrons. The number of likely N-dealkylation sites (tertiary alicyclic amines) is 1. The molecule has 1 N–H and O–H groups in total. The molecule has 1 fully saturated rings. The smallest absolute Gasteiger partial charge is 0.124 e. The summed E-state index contributed by atoms with van der Waals surface area (Å²) < 4.78 is 6.15. The van der Waals surface area contributed by atoms with Gasteiger partial charge in [-0.05, 0) is 44.9 Å². The maximum atomic E-state index is 6.15. The maximum absolute atomic E-state index is 6.15. The number of rotatable bonds is 4. The van der Waals surface area contributed by atoms with E-state index in [-0.39, 0.29) is 0 Å². The Morgan fingerprint density at radius 2 is 2.25 bits per heavy atom. The standard InChI is InChI=1S/C17H26N2O/c1-13(2)19-8-4-5-14(11-19)12-20-17-7-3-6-15-9-18-10-16(15)17/h3,6-7,13-14,18H,4-5,8-12H2,1-2H3. The van der Waals surface area contributed by atoms with Gasteiger partial charge in [0.15, 0.2) is 0 Å². The Hall–Kier alpha value is -1.06. The van der Waals surface area contributed by atoms with E-state index in [1.165, 1.54) is 37.1 Å². The molecule has 1 aromatic rings. The maximum Gasteiger partial charge on any atom is 0.124 e. The largest absolute Gasteiger partial charge is 0.493 e. The summed E-state index contributed by atoms with van der Waals surface area (Å²) in [6.45, 7) is 9.81. The summed E-state index contributed by atoms with van der Waals surface area (Å²) in [6.07, 6.45) is 2.61. The number of hydrogen-bond donors (Lipinski definition) is 1. The third-order valence-electron chi connectivity index (χ3n) is 4.60. The van der Waals surface area contributed by atoms with Crippen LogP contribution in [-0.4, -0.2) is 30.6 Å². The van der Waals surface area contributed by atoms with Crippen molar-refractivity contribution >= 4 is 0 Å². The van der Waals surface area contributed by atoms with Crippen molar-refractivity contribution in [3.05, 3.63) is 29.3 Å². The Morgan fingerprint density at radius 3 is 3.10 bits per heavy atom. The van der Waals surface area contributed by atoms with Crippen molar-refractivity contribution in [3.63, 3.8) is 0 Å². The highest BCUT2D eigenvalue weighted by Crippen LogP contribution is 2.27. The predicted molar refractivity (Wildman–Crippen MR) is 81.9 cm³/mol. The fraction of sp³-hybridized carbons (Fsp3) is 0.647. The molecular formula is C17H26N2O. The summed E-state index contributed by atoms with van der Waals surface area (Å²) in [5.74, 6) is 1.77. The zero-order valence-electron chi connectivity index (χ0n) is 12.7. The lowest BCUT2D eigenvalue weighted by atomic mass is 9.98. The van der Waals surface area contributed by atoms with Crippen molar-refractivity contribution in [1.82, 2.24) is 10.2 Å². The van der Waals surface area contributed by atoms with Crippen LogP contribution in [0, 0.1) is 5.92 Å². The van der Waals surface area contributed by atoms with Crippen molar-refractivity contribution in [3.8, 4) is 5.75 Å². The Labute approximate surface area is 122 Å². The first kappa shape index (κ1) is 13.9. The van der Waals surface area contributed by atoms with Crippen molar-refractivity contribution < 1.29 is 4.74 Å². The van der Waals surface area contributed by atoms with Gasteiger partial charge in [-0.3, -0.25) is 0 Å². The molecule has 1 saturated heterocycles. The predicted octanol–water partition coefficient (Wildman–Crippen LogP) is 2.79. The lowest BCUT2D eigenvalue weighted by molar-refractivity contribution is 0.107. The molecule has 3 nitrogen and oxygen atoms in total. The highest BCUT2D eigenvalue weighted by Gasteiger charge is 2.23. The van der Waals surface area contributed by atoms with Gasteiger partial charge in [-0.25, -0.2) is 0 Å². The molecule has 0 saturated carbocycles. The molecule has 0 radical (unpaired) electrons. The van der Waals surface area contributed by atoms with Crippen molar-refractivity contribution in [2.45, 2.75) is 45.8 Å². The first-order valence-corrected chi connectivity index (χ1v) is 7.92. The van der Waals surface area contributed by atoms with Crippen molar-refractivity contribution in [1.29, 1.82) is 0 Å². The molecule has 20 heavy (non-hydrogen) atoms. The summed E-state index contributed by atoms with van der Waals surface area (Å²) in [6, 6.07) is 7.09. The second kappa shape index (κ2) is 6.15. The Morgan fingerprint density at radius 1 is 1.35 bits per heavy atom. The molecule has 0 spiro atoms. The number of hydrogen-bond acceptors (Lipinski definition) is 3. The van der Waals surface area contributed by atoms with Gasteiger partial charge in [-0.15, -0.1) is 0 Å². The van der Waals surface area contributed by atoms with Crippen LogP contribution in [0.2, 0.25) is 0 Å². The monoisotopic (exact) mass is 274 g/mol. The van der Waals surface area contributed by atoms with E-state index in [0.29, 0.717) is 12.0 Å². The van der Waals surface area contributed by atoms with Gasteiger partial charge in [-0.2, -0.15) is 0 Å². The minimum atomic E-state index is 0.656. The lowest BCUT2D eigenvalue weighted by Gasteiger charge is -2.35. The minimum absolute atomic E-state index is 0.656. The normalized spacial score (nSPS) is 23.1. The Bertz CT molecular complexity index is 458. The fourth-order valence-corrected chi connectivity index (χ4v) is 3.34. The molecule has 0 bridgehead atoms. The topological polar surface area (TPSA) is 24.5 Å². The van der Waals surface area contributed by atoms with Gasteiger partial charge in [-0.1, -0.05) is 12.1 Å². The van der Waals surface area contributed by atoms with E-state index in [1.807, 2.05) is 0 Å². The molecule has 0 aliphatic carbocycles. The van der Waals surface area contributed by atoms with Gasteiger partial charge >= 0.3 is 0 Å². The van der Waals surface area contributed by atoms with Crippen LogP contribution in [0.5, 0.6) is 5.75 Å². The average Bonchev–Trinajstić information content (AvgIpc) is 2.94. The van der Waals surface area contributed by atoms with E-state index in [4.69, 9.17) is 4.74 Å². The van der Waals surface area contributed by atoms with Crippen molar-refractivity contribution in [2.75, 3.05) is 19.7 Å². The van der Waals surface area contributed by atoms with Gasteiger partial charge in [0.05, 0.1) is 6.61 Å². The van der Waals surface area contributed by atoms with Gasteiger partial charge in [0.1, 0.15) is 5.75 Å². The summed E-state index contributed by atoms with van der Waals surface area (Å²) in [7, 11) is 0.